The smallest absolute Gasteiger partial charge is 0.243 e. The van der Waals surface area contributed by atoms with Crippen molar-refractivity contribution in [3.63, 3.8) is 0 Å². The number of benzene rings is 1. The molecular formula is C19H32N4O. The van der Waals surface area contributed by atoms with Gasteiger partial charge in [0.25, 0.3) is 0 Å². The number of rotatable bonds is 9. The number of carbonyl (C=O) groups excluding carboxylic acids is 1. The van der Waals surface area contributed by atoms with Crippen LogP contribution >= 0.6 is 0 Å². The maximum Gasteiger partial charge on any atom is 0.243 e. The van der Waals surface area contributed by atoms with Crippen LogP contribution in [0.1, 0.15) is 32.3 Å². The van der Waals surface area contributed by atoms with Gasteiger partial charge >= 0.3 is 0 Å². The van der Waals surface area contributed by atoms with Gasteiger partial charge in [-0.3, -0.25) is 4.79 Å². The third-order valence-electron chi connectivity index (χ3n) is 4.13. The Kier molecular flexibility index (Phi) is 9.58. The van der Waals surface area contributed by atoms with E-state index in [9.17, 15) is 4.79 Å². The van der Waals surface area contributed by atoms with E-state index in [2.05, 4.69) is 41.6 Å². The lowest BCUT2D eigenvalue weighted by molar-refractivity contribution is -0.127. The molecule has 0 atom stereocenters. The van der Waals surface area contributed by atoms with Crippen molar-refractivity contribution < 1.29 is 4.79 Å². The van der Waals surface area contributed by atoms with E-state index >= 15 is 0 Å². The molecule has 1 rings (SSSR count). The molecule has 1 aromatic rings. The van der Waals surface area contributed by atoms with Gasteiger partial charge in [-0.1, -0.05) is 57.0 Å². The lowest BCUT2D eigenvalue weighted by Crippen LogP contribution is -2.41. The molecule has 134 valence electrons. The van der Waals surface area contributed by atoms with Crippen LogP contribution < -0.4 is 10.6 Å². The van der Waals surface area contributed by atoms with E-state index in [4.69, 9.17) is 0 Å². The average molecular weight is 332 g/mol. The molecule has 24 heavy (non-hydrogen) atoms. The molecular weight excluding hydrogens is 300 g/mol. The molecule has 0 saturated heterocycles. The Morgan fingerprint density at radius 2 is 1.79 bits per heavy atom. The van der Waals surface area contributed by atoms with E-state index in [1.807, 2.05) is 18.2 Å². The molecule has 0 bridgehead atoms. The minimum atomic E-state index is 0.00157. The van der Waals surface area contributed by atoms with Crippen molar-refractivity contribution in [1.29, 1.82) is 0 Å². The van der Waals surface area contributed by atoms with Crippen LogP contribution in [0, 0.1) is 5.92 Å². The number of likely N-dealkylation sites (N-methyl/N-ethyl adjacent to an activating group) is 1. The van der Waals surface area contributed by atoms with Gasteiger partial charge in [-0.15, -0.1) is 0 Å². The lowest BCUT2D eigenvalue weighted by atomic mass is 10.0. The van der Waals surface area contributed by atoms with Crippen molar-refractivity contribution >= 4 is 11.9 Å². The van der Waals surface area contributed by atoms with Gasteiger partial charge in [0, 0.05) is 27.2 Å². The van der Waals surface area contributed by atoms with Gasteiger partial charge in [-0.05, 0) is 17.9 Å². The van der Waals surface area contributed by atoms with E-state index in [-0.39, 0.29) is 12.5 Å². The van der Waals surface area contributed by atoms with Crippen LogP contribution in [-0.4, -0.2) is 50.5 Å². The fourth-order valence-corrected chi connectivity index (χ4v) is 2.25. The first-order valence-electron chi connectivity index (χ1n) is 8.83. The molecule has 0 unspecified atom stereocenters. The Hall–Kier alpha value is -2.04. The monoisotopic (exact) mass is 332 g/mol. The van der Waals surface area contributed by atoms with Crippen molar-refractivity contribution in [3.8, 4) is 0 Å². The van der Waals surface area contributed by atoms with Crippen LogP contribution in [0.3, 0.4) is 0 Å². The third kappa shape index (κ3) is 7.99. The number of hydrogen-bond acceptors (Lipinski definition) is 2. The first-order valence-corrected chi connectivity index (χ1v) is 8.83. The summed E-state index contributed by atoms with van der Waals surface area (Å²) in [5.41, 5.74) is 1.29. The highest BCUT2D eigenvalue weighted by Gasteiger charge is 2.07. The molecule has 5 nitrogen and oxygen atoms in total. The topological polar surface area (TPSA) is 56.7 Å². The van der Waals surface area contributed by atoms with E-state index in [0.717, 1.165) is 32.4 Å². The van der Waals surface area contributed by atoms with Gasteiger partial charge in [-0.2, -0.15) is 0 Å². The van der Waals surface area contributed by atoms with Gasteiger partial charge in [0.05, 0.1) is 0 Å². The Labute approximate surface area is 146 Å². The maximum atomic E-state index is 11.8. The van der Waals surface area contributed by atoms with Crippen molar-refractivity contribution in [2.75, 3.05) is 33.7 Å². The van der Waals surface area contributed by atoms with E-state index in [0.29, 0.717) is 11.9 Å². The predicted octanol–water partition coefficient (Wildman–Crippen LogP) is 2.29. The molecule has 0 fully saturated rings. The molecule has 0 aliphatic rings. The highest BCUT2D eigenvalue weighted by molar-refractivity contribution is 5.84. The van der Waals surface area contributed by atoms with Gasteiger partial charge in [0.2, 0.25) is 5.91 Å². The summed E-state index contributed by atoms with van der Waals surface area (Å²) < 4.78 is 0. The Balaban J connectivity index is 2.55. The highest BCUT2D eigenvalue weighted by atomic mass is 16.2. The quantitative estimate of drug-likeness (QED) is 0.539. The Bertz CT molecular complexity index is 495. The second-order valence-electron chi connectivity index (χ2n) is 6.18. The fourth-order valence-electron chi connectivity index (χ4n) is 2.25. The summed E-state index contributed by atoms with van der Waals surface area (Å²) in [6.07, 6.45) is 3.20. The minimum absolute atomic E-state index is 0.00157. The molecule has 0 radical (unpaired) electrons. The summed E-state index contributed by atoms with van der Waals surface area (Å²) in [4.78, 5) is 17.7. The number of nitrogens with one attached hydrogen (secondary N) is 2. The van der Waals surface area contributed by atoms with Gasteiger partial charge < -0.3 is 15.5 Å². The zero-order chi connectivity index (χ0) is 17.8. The maximum absolute atomic E-state index is 11.8. The van der Waals surface area contributed by atoms with Crippen molar-refractivity contribution in [3.05, 3.63) is 35.9 Å². The molecule has 0 aliphatic carbocycles. The summed E-state index contributed by atoms with van der Waals surface area (Å²) in [5, 5.41) is 6.70. The molecule has 1 aromatic carbocycles. The molecule has 1 amide bonds. The van der Waals surface area contributed by atoms with Crippen molar-refractivity contribution in [2.45, 2.75) is 33.1 Å². The first-order chi connectivity index (χ1) is 11.6. The van der Waals surface area contributed by atoms with Crippen LogP contribution in [0.5, 0.6) is 0 Å². The molecule has 0 aromatic heterocycles. The number of nitrogens with zero attached hydrogens (tertiary/aromatic N) is 2. The second-order valence-corrected chi connectivity index (χ2v) is 6.18. The molecule has 0 aliphatic heterocycles. The van der Waals surface area contributed by atoms with E-state index in [1.165, 1.54) is 5.56 Å². The summed E-state index contributed by atoms with van der Waals surface area (Å²) >= 11 is 0. The van der Waals surface area contributed by atoms with Crippen LogP contribution in [0.25, 0.3) is 0 Å². The summed E-state index contributed by atoms with van der Waals surface area (Å²) in [6.45, 7) is 6.22. The van der Waals surface area contributed by atoms with Crippen molar-refractivity contribution in [1.82, 2.24) is 15.5 Å². The predicted molar refractivity (Wildman–Crippen MR) is 101 cm³/mol. The van der Waals surface area contributed by atoms with Crippen LogP contribution in [0.2, 0.25) is 0 Å². The normalized spacial score (nSPS) is 11.5. The standard InChI is InChI=1S/C19H32N4O/c1-5-16(6-2)14-21-19(22-15-18(24)23(3)4)20-13-12-17-10-8-7-9-11-17/h7-11,16H,5-6,12-15H2,1-4H3,(H2,20,21,22). The average Bonchev–Trinajstić information content (AvgIpc) is 2.60. The fraction of sp³-hybridized carbons (Fsp3) is 0.579. The SMILES string of the molecule is CCC(CC)CNC(=NCC(=O)N(C)C)NCCc1ccccc1. The Morgan fingerprint density at radius 1 is 1.12 bits per heavy atom. The lowest BCUT2D eigenvalue weighted by Gasteiger charge is -2.17. The van der Waals surface area contributed by atoms with E-state index < -0.39 is 0 Å². The number of guanidine groups is 1. The van der Waals surface area contributed by atoms with Crippen LogP contribution in [-0.2, 0) is 11.2 Å². The number of hydrogen-bond donors (Lipinski definition) is 2. The van der Waals surface area contributed by atoms with Gasteiger partial charge in [-0.25, -0.2) is 4.99 Å². The summed E-state index contributed by atoms with van der Waals surface area (Å²) in [7, 11) is 3.50. The van der Waals surface area contributed by atoms with Gasteiger partial charge in [0.1, 0.15) is 6.54 Å². The van der Waals surface area contributed by atoms with Gasteiger partial charge in [0.15, 0.2) is 5.96 Å². The second kappa shape index (κ2) is 11.5. The summed E-state index contributed by atoms with van der Waals surface area (Å²) in [6, 6.07) is 10.3. The number of aliphatic imine (C=N–C) groups is 1. The molecule has 0 saturated carbocycles. The molecule has 5 heteroatoms. The minimum Gasteiger partial charge on any atom is -0.356 e. The summed E-state index contributed by atoms with van der Waals surface area (Å²) in [5.74, 6) is 1.34. The largest absolute Gasteiger partial charge is 0.356 e. The third-order valence-corrected chi connectivity index (χ3v) is 4.13. The molecule has 2 N–H and O–H groups in total. The molecule has 0 heterocycles. The van der Waals surface area contributed by atoms with Crippen molar-refractivity contribution in [2.24, 2.45) is 10.9 Å². The van der Waals surface area contributed by atoms with Crippen LogP contribution in [0.15, 0.2) is 35.3 Å². The van der Waals surface area contributed by atoms with Crippen LogP contribution in [0.4, 0.5) is 0 Å². The first kappa shape index (κ1) is 20.0. The van der Waals surface area contributed by atoms with E-state index in [1.54, 1.807) is 19.0 Å². The Morgan fingerprint density at radius 3 is 2.38 bits per heavy atom. The number of amides is 1. The highest BCUT2D eigenvalue weighted by Crippen LogP contribution is 2.05. The number of carbonyl (C=O) groups is 1. The zero-order valence-corrected chi connectivity index (χ0v) is 15.5. The zero-order valence-electron chi connectivity index (χ0n) is 15.5. The molecule has 0 spiro atoms.